The summed E-state index contributed by atoms with van der Waals surface area (Å²) in [6, 6.07) is -1.81. The smallest absolute Gasteiger partial charge is 0.326 e. The van der Waals surface area contributed by atoms with Crippen LogP contribution in [0.15, 0.2) is 0 Å². The highest BCUT2D eigenvalue weighted by Gasteiger charge is 2.30. The number of carbonyl (C=O) groups excluding carboxylic acids is 3. The molecule has 0 aromatic rings. The fourth-order valence-corrected chi connectivity index (χ4v) is 2.25. The molecule has 2 atom stereocenters. The predicted octanol–water partition coefficient (Wildman–Crippen LogP) is 1.01. The Morgan fingerprint density at radius 2 is 1.73 bits per heavy atom. The number of urea groups is 1. The Labute approximate surface area is 154 Å². The highest BCUT2D eigenvalue weighted by molar-refractivity contribution is 5.87. The summed E-state index contributed by atoms with van der Waals surface area (Å²) in [5, 5.41) is 14.1. The molecule has 0 aromatic carbocycles. The van der Waals surface area contributed by atoms with Gasteiger partial charge in [0, 0.05) is 6.54 Å². The lowest BCUT2D eigenvalue weighted by Gasteiger charge is -2.25. The third kappa shape index (κ3) is 10.5. The summed E-state index contributed by atoms with van der Waals surface area (Å²) in [6.45, 7) is 8.96. The van der Waals surface area contributed by atoms with Crippen molar-refractivity contribution in [1.29, 1.82) is 0 Å². The van der Waals surface area contributed by atoms with Gasteiger partial charge in [0.2, 0.25) is 5.91 Å². The molecule has 0 aliphatic rings. The number of amides is 3. The zero-order valence-corrected chi connectivity index (χ0v) is 16.1. The maximum atomic E-state index is 12.5. The molecule has 9 heteroatoms. The van der Waals surface area contributed by atoms with Crippen molar-refractivity contribution in [2.75, 3.05) is 6.54 Å². The van der Waals surface area contributed by atoms with Crippen LogP contribution in [0.1, 0.15) is 53.9 Å². The average molecular weight is 373 g/mol. The average Bonchev–Trinajstić information content (AvgIpc) is 2.44. The Morgan fingerprint density at radius 3 is 2.15 bits per heavy atom. The Kier molecular flexibility index (Phi) is 9.67. The maximum Gasteiger partial charge on any atom is 0.326 e. The molecule has 0 aliphatic carbocycles. The van der Waals surface area contributed by atoms with Crippen LogP contribution in [0.25, 0.3) is 0 Å². The van der Waals surface area contributed by atoms with Gasteiger partial charge in [0.05, 0.1) is 12.3 Å². The molecule has 0 saturated carbocycles. The Balaban J connectivity index is 4.80. The van der Waals surface area contributed by atoms with Crippen molar-refractivity contribution in [2.45, 2.75) is 65.5 Å². The van der Waals surface area contributed by atoms with E-state index in [0.29, 0.717) is 6.42 Å². The largest absolute Gasteiger partial charge is 0.480 e. The number of aliphatic carboxylic acids is 1. The standard InChI is InChI=1S/C17H31N3O6/c1-10(2)11(9-13(21)26-17(3,4)5)14(22)20-12(15(23)24)7-6-8-19-16(18)25/h10-12H,6-9H2,1-5H3,(H,20,22)(H,23,24)(H3,18,19,25)/t11-,12-/m0/s1. The first-order valence-corrected chi connectivity index (χ1v) is 8.61. The first-order chi connectivity index (χ1) is 11.8. The van der Waals surface area contributed by atoms with E-state index in [2.05, 4.69) is 10.6 Å². The van der Waals surface area contributed by atoms with Gasteiger partial charge in [0.25, 0.3) is 0 Å². The molecule has 0 fully saturated rings. The molecule has 0 radical (unpaired) electrons. The summed E-state index contributed by atoms with van der Waals surface area (Å²) in [5.41, 5.74) is 4.27. The third-order valence-electron chi connectivity index (χ3n) is 3.53. The highest BCUT2D eigenvalue weighted by Crippen LogP contribution is 2.19. The summed E-state index contributed by atoms with van der Waals surface area (Å²) >= 11 is 0. The summed E-state index contributed by atoms with van der Waals surface area (Å²) in [4.78, 5) is 46.4. The van der Waals surface area contributed by atoms with E-state index in [-0.39, 0.29) is 25.3 Å². The van der Waals surface area contributed by atoms with Crippen LogP contribution in [-0.4, -0.2) is 47.2 Å². The van der Waals surface area contributed by atoms with Gasteiger partial charge in [0.15, 0.2) is 0 Å². The second-order valence-electron chi connectivity index (χ2n) is 7.47. The number of esters is 1. The molecule has 0 spiro atoms. The van der Waals surface area contributed by atoms with Crippen molar-refractivity contribution >= 4 is 23.9 Å². The number of carboxylic acids is 1. The molecule has 0 rings (SSSR count). The molecule has 150 valence electrons. The van der Waals surface area contributed by atoms with E-state index in [1.807, 2.05) is 0 Å². The van der Waals surface area contributed by atoms with Gasteiger partial charge in [-0.25, -0.2) is 9.59 Å². The van der Waals surface area contributed by atoms with Crippen molar-refractivity contribution in [1.82, 2.24) is 10.6 Å². The van der Waals surface area contributed by atoms with Crippen molar-refractivity contribution < 1.29 is 29.0 Å². The molecule has 0 heterocycles. The van der Waals surface area contributed by atoms with Crippen molar-refractivity contribution in [3.05, 3.63) is 0 Å². The minimum Gasteiger partial charge on any atom is -0.480 e. The lowest BCUT2D eigenvalue weighted by Crippen LogP contribution is -2.46. The van der Waals surface area contributed by atoms with E-state index in [9.17, 15) is 24.3 Å². The summed E-state index contributed by atoms with van der Waals surface area (Å²) in [6.07, 6.45) is 0.327. The first kappa shape index (κ1) is 23.7. The molecule has 3 amide bonds. The van der Waals surface area contributed by atoms with Gasteiger partial charge in [-0.15, -0.1) is 0 Å². The second kappa shape index (κ2) is 10.6. The summed E-state index contributed by atoms with van der Waals surface area (Å²) in [5.74, 6) is -3.08. The number of hydrogen-bond donors (Lipinski definition) is 4. The quantitative estimate of drug-likeness (QED) is 0.332. The van der Waals surface area contributed by atoms with E-state index in [1.165, 1.54) is 0 Å². The SMILES string of the molecule is CC(C)[C@H](CC(=O)OC(C)(C)C)C(=O)N[C@@H](CCCNC(N)=O)C(=O)O. The maximum absolute atomic E-state index is 12.5. The number of rotatable bonds is 10. The number of carbonyl (C=O) groups is 4. The molecule has 0 saturated heterocycles. The van der Waals surface area contributed by atoms with Crippen LogP contribution in [-0.2, 0) is 19.1 Å². The molecule has 5 N–H and O–H groups in total. The van der Waals surface area contributed by atoms with Gasteiger partial charge in [0.1, 0.15) is 11.6 Å². The summed E-state index contributed by atoms with van der Waals surface area (Å²) < 4.78 is 5.24. The second-order valence-corrected chi connectivity index (χ2v) is 7.47. The van der Waals surface area contributed by atoms with E-state index < -0.39 is 41.4 Å². The Bertz CT molecular complexity index is 513. The lowest BCUT2D eigenvalue weighted by molar-refractivity contribution is -0.158. The molecule has 0 aliphatic heterocycles. The fraction of sp³-hybridized carbons (Fsp3) is 0.765. The van der Waals surface area contributed by atoms with Crippen molar-refractivity contribution in [3.63, 3.8) is 0 Å². The van der Waals surface area contributed by atoms with Gasteiger partial charge in [-0.1, -0.05) is 13.8 Å². The van der Waals surface area contributed by atoms with E-state index in [0.717, 1.165) is 0 Å². The normalized spacial score (nSPS) is 13.6. The minimum absolute atomic E-state index is 0.124. The fourth-order valence-electron chi connectivity index (χ4n) is 2.25. The molecular weight excluding hydrogens is 342 g/mol. The van der Waals surface area contributed by atoms with Gasteiger partial charge in [-0.05, 0) is 39.5 Å². The van der Waals surface area contributed by atoms with Gasteiger partial charge < -0.3 is 26.2 Å². The highest BCUT2D eigenvalue weighted by atomic mass is 16.6. The van der Waals surface area contributed by atoms with Gasteiger partial charge in [-0.3, -0.25) is 9.59 Å². The van der Waals surface area contributed by atoms with Crippen LogP contribution in [0.4, 0.5) is 4.79 Å². The zero-order valence-electron chi connectivity index (χ0n) is 16.1. The van der Waals surface area contributed by atoms with Crippen LogP contribution < -0.4 is 16.4 Å². The molecular formula is C17H31N3O6. The Hall–Kier alpha value is -2.32. The molecule has 26 heavy (non-hydrogen) atoms. The van der Waals surface area contributed by atoms with Crippen LogP contribution in [0.3, 0.4) is 0 Å². The van der Waals surface area contributed by atoms with Crippen LogP contribution in [0.5, 0.6) is 0 Å². The van der Waals surface area contributed by atoms with Crippen LogP contribution in [0.2, 0.25) is 0 Å². The van der Waals surface area contributed by atoms with Gasteiger partial charge >= 0.3 is 18.0 Å². The molecule has 0 bridgehead atoms. The third-order valence-corrected chi connectivity index (χ3v) is 3.53. The number of carboxylic acid groups (broad SMARTS) is 1. The van der Waals surface area contributed by atoms with E-state index in [1.54, 1.807) is 34.6 Å². The minimum atomic E-state index is -1.18. The van der Waals surface area contributed by atoms with Crippen molar-refractivity contribution in [3.8, 4) is 0 Å². The Morgan fingerprint density at radius 1 is 1.15 bits per heavy atom. The topological polar surface area (TPSA) is 148 Å². The van der Waals surface area contributed by atoms with Crippen LogP contribution in [0, 0.1) is 11.8 Å². The number of nitrogens with two attached hydrogens (primary N) is 1. The molecule has 0 unspecified atom stereocenters. The van der Waals surface area contributed by atoms with E-state index in [4.69, 9.17) is 10.5 Å². The van der Waals surface area contributed by atoms with Gasteiger partial charge in [-0.2, -0.15) is 0 Å². The van der Waals surface area contributed by atoms with Crippen molar-refractivity contribution in [2.24, 2.45) is 17.6 Å². The number of hydrogen-bond acceptors (Lipinski definition) is 5. The zero-order chi connectivity index (χ0) is 20.5. The monoisotopic (exact) mass is 373 g/mol. The van der Waals surface area contributed by atoms with Crippen LogP contribution >= 0.6 is 0 Å². The summed E-state index contributed by atoms with van der Waals surface area (Å²) in [7, 11) is 0. The van der Waals surface area contributed by atoms with E-state index >= 15 is 0 Å². The lowest BCUT2D eigenvalue weighted by atomic mass is 9.91. The number of ether oxygens (including phenoxy) is 1. The predicted molar refractivity (Wildman–Crippen MR) is 95.2 cm³/mol. The first-order valence-electron chi connectivity index (χ1n) is 8.61. The molecule has 0 aromatic heterocycles. The number of primary amides is 1. The molecule has 9 nitrogen and oxygen atoms in total. The number of nitrogens with one attached hydrogen (secondary N) is 2.